The van der Waals surface area contributed by atoms with Gasteiger partial charge in [-0.15, -0.1) is 0 Å². The number of nitrogens with one attached hydrogen (secondary N) is 1. The highest BCUT2D eigenvalue weighted by molar-refractivity contribution is 6.19. The van der Waals surface area contributed by atoms with Gasteiger partial charge in [0.05, 0.1) is 11.7 Å². The van der Waals surface area contributed by atoms with Gasteiger partial charge in [-0.25, -0.2) is 0 Å². The molecule has 7 rings (SSSR count). The number of aromatic nitrogens is 2. The average molecular weight is 488 g/mol. The van der Waals surface area contributed by atoms with Crippen molar-refractivity contribution in [2.45, 2.75) is 6.04 Å². The fourth-order valence-electron chi connectivity index (χ4n) is 5.57. The molecule has 0 spiro atoms. The van der Waals surface area contributed by atoms with Gasteiger partial charge in [-0.1, -0.05) is 72.8 Å². The van der Waals surface area contributed by atoms with Crippen molar-refractivity contribution in [2.75, 3.05) is 0 Å². The third-order valence-corrected chi connectivity index (χ3v) is 7.28. The lowest BCUT2D eigenvalue weighted by Gasteiger charge is -2.23. The summed E-state index contributed by atoms with van der Waals surface area (Å²) in [7, 11) is 0. The van der Waals surface area contributed by atoms with Crippen LogP contribution < -0.4 is 5.32 Å². The van der Waals surface area contributed by atoms with Crippen molar-refractivity contribution in [3.63, 3.8) is 0 Å². The second-order valence-corrected chi connectivity index (χ2v) is 9.52. The number of fused-ring (bicyclic) bond motifs is 2. The van der Waals surface area contributed by atoms with E-state index in [1.807, 2.05) is 30.7 Å². The van der Waals surface area contributed by atoms with E-state index in [0.717, 1.165) is 11.3 Å². The van der Waals surface area contributed by atoms with Crippen LogP contribution in [-0.2, 0) is 0 Å². The number of hydrogen-bond donors (Lipinski definition) is 1. The van der Waals surface area contributed by atoms with Gasteiger partial charge in [0.15, 0.2) is 0 Å². The lowest BCUT2D eigenvalue weighted by molar-refractivity contribution is 0.748. The normalized spacial score (nSPS) is 14.8. The van der Waals surface area contributed by atoms with Crippen LogP contribution in [0.15, 0.2) is 140 Å². The lowest BCUT2D eigenvalue weighted by Crippen LogP contribution is -2.16. The number of benzene rings is 4. The predicted molar refractivity (Wildman–Crippen MR) is 157 cm³/mol. The van der Waals surface area contributed by atoms with E-state index in [1.165, 1.54) is 49.4 Å². The molecule has 0 saturated heterocycles. The van der Waals surface area contributed by atoms with Gasteiger partial charge in [-0.2, -0.15) is 0 Å². The summed E-state index contributed by atoms with van der Waals surface area (Å²) in [5.74, 6) is 0. The van der Waals surface area contributed by atoms with Crippen molar-refractivity contribution in [1.29, 1.82) is 0 Å². The number of allylic oxidation sites excluding steroid dienone is 2. The fourth-order valence-corrected chi connectivity index (χ4v) is 5.57. The minimum Gasteiger partial charge on any atom is -0.381 e. The molecule has 0 saturated carbocycles. The molecule has 1 N–H and O–H groups in total. The van der Waals surface area contributed by atoms with E-state index in [9.17, 15) is 0 Å². The molecule has 0 amide bonds. The van der Waals surface area contributed by atoms with E-state index < -0.39 is 0 Å². The monoisotopic (exact) mass is 487 g/mol. The van der Waals surface area contributed by atoms with Crippen LogP contribution in [0.2, 0.25) is 0 Å². The Hall–Kier alpha value is -5.02. The van der Waals surface area contributed by atoms with Gasteiger partial charge in [0.2, 0.25) is 0 Å². The maximum absolute atomic E-state index is 4.59. The molecule has 1 unspecified atom stereocenters. The highest BCUT2D eigenvalue weighted by Crippen LogP contribution is 2.43. The van der Waals surface area contributed by atoms with Crippen molar-refractivity contribution in [2.24, 2.45) is 0 Å². The topological polar surface area (TPSA) is 37.8 Å². The Morgan fingerprint density at radius 1 is 0.579 bits per heavy atom. The third kappa shape index (κ3) is 3.86. The Labute approximate surface area is 221 Å². The first kappa shape index (κ1) is 22.2. The number of rotatable bonds is 4. The minimum absolute atomic E-state index is 0.0882. The van der Waals surface area contributed by atoms with Crippen LogP contribution in [0, 0.1) is 0 Å². The molecule has 2 aromatic heterocycles. The zero-order valence-corrected chi connectivity index (χ0v) is 20.8. The van der Waals surface area contributed by atoms with Crippen LogP contribution in [0.5, 0.6) is 0 Å². The molecule has 0 radical (unpaired) electrons. The second-order valence-electron chi connectivity index (χ2n) is 9.52. The summed E-state index contributed by atoms with van der Waals surface area (Å²) in [5.41, 5.74) is 8.21. The van der Waals surface area contributed by atoms with Crippen molar-refractivity contribution in [1.82, 2.24) is 15.3 Å². The Morgan fingerprint density at radius 2 is 1.24 bits per heavy atom. The minimum atomic E-state index is 0.0882. The van der Waals surface area contributed by atoms with Crippen molar-refractivity contribution in [3.05, 3.63) is 151 Å². The second kappa shape index (κ2) is 9.45. The molecule has 180 valence electrons. The molecule has 0 bridgehead atoms. The molecule has 3 nitrogen and oxygen atoms in total. The zero-order chi connectivity index (χ0) is 25.3. The van der Waals surface area contributed by atoms with Gasteiger partial charge in [0.1, 0.15) is 0 Å². The van der Waals surface area contributed by atoms with Crippen molar-refractivity contribution >= 4 is 27.1 Å². The standard InChI is InChI=1S/C35H25N3/c1-3-12-30-28(10-1)34(26-9-7-8-25(22-26)32-14-5-6-18-37-32)29-11-2-4-13-31(29)35(30)27-17-21-38-33(23-27)24-15-19-36-20-16-24/h1-23,33,38H. The molecule has 6 aromatic rings. The summed E-state index contributed by atoms with van der Waals surface area (Å²) in [6.07, 6.45) is 12.1. The van der Waals surface area contributed by atoms with Crippen LogP contribution >= 0.6 is 0 Å². The first-order valence-corrected chi connectivity index (χ1v) is 12.9. The summed E-state index contributed by atoms with van der Waals surface area (Å²) in [4.78, 5) is 8.78. The molecule has 4 aromatic carbocycles. The van der Waals surface area contributed by atoms with E-state index >= 15 is 0 Å². The molecule has 0 aliphatic carbocycles. The van der Waals surface area contributed by atoms with E-state index in [1.54, 1.807) is 0 Å². The summed E-state index contributed by atoms with van der Waals surface area (Å²) >= 11 is 0. The van der Waals surface area contributed by atoms with Gasteiger partial charge < -0.3 is 5.32 Å². The van der Waals surface area contributed by atoms with Crippen LogP contribution in [0.1, 0.15) is 17.2 Å². The molecular weight excluding hydrogens is 462 g/mol. The highest BCUT2D eigenvalue weighted by atomic mass is 14.9. The first-order valence-electron chi connectivity index (χ1n) is 12.9. The molecule has 3 heterocycles. The summed E-state index contributed by atoms with van der Waals surface area (Å²) < 4.78 is 0. The van der Waals surface area contributed by atoms with Gasteiger partial charge in [-0.3, -0.25) is 9.97 Å². The number of dihydropyridines is 1. The third-order valence-electron chi connectivity index (χ3n) is 7.28. The molecular formula is C35H25N3. The van der Waals surface area contributed by atoms with Crippen LogP contribution in [-0.4, -0.2) is 9.97 Å². The molecule has 0 fully saturated rings. The van der Waals surface area contributed by atoms with Gasteiger partial charge in [0, 0.05) is 24.2 Å². The van der Waals surface area contributed by atoms with E-state index in [0.29, 0.717) is 0 Å². The maximum atomic E-state index is 4.59. The Kier molecular flexibility index (Phi) is 5.52. The number of pyridine rings is 2. The average Bonchev–Trinajstić information content (AvgIpc) is 3.01. The van der Waals surface area contributed by atoms with Crippen molar-refractivity contribution < 1.29 is 0 Å². The summed E-state index contributed by atoms with van der Waals surface area (Å²) in [5, 5.41) is 8.48. The summed E-state index contributed by atoms with van der Waals surface area (Å²) in [6.45, 7) is 0. The van der Waals surface area contributed by atoms with Crippen LogP contribution in [0.25, 0.3) is 49.5 Å². The Morgan fingerprint density at radius 3 is 1.92 bits per heavy atom. The fraction of sp³-hybridized carbons (Fsp3) is 0.0286. The molecule has 1 aliphatic rings. The molecule has 3 heteroatoms. The smallest absolute Gasteiger partial charge is 0.0702 e. The van der Waals surface area contributed by atoms with E-state index in [2.05, 4.69) is 125 Å². The maximum Gasteiger partial charge on any atom is 0.0702 e. The number of hydrogen-bond acceptors (Lipinski definition) is 3. The molecule has 1 aliphatic heterocycles. The largest absolute Gasteiger partial charge is 0.381 e. The van der Waals surface area contributed by atoms with Gasteiger partial charge in [0.25, 0.3) is 0 Å². The molecule has 1 atom stereocenters. The van der Waals surface area contributed by atoms with Gasteiger partial charge >= 0.3 is 0 Å². The van der Waals surface area contributed by atoms with Crippen molar-refractivity contribution in [3.8, 4) is 22.4 Å². The predicted octanol–water partition coefficient (Wildman–Crippen LogP) is 8.36. The van der Waals surface area contributed by atoms with E-state index in [4.69, 9.17) is 0 Å². The Bertz CT molecular complexity index is 1780. The summed E-state index contributed by atoms with van der Waals surface area (Å²) in [6, 6.07) is 36.6. The molecule has 38 heavy (non-hydrogen) atoms. The van der Waals surface area contributed by atoms with E-state index in [-0.39, 0.29) is 6.04 Å². The Balaban J connectivity index is 1.48. The van der Waals surface area contributed by atoms with Crippen LogP contribution in [0.3, 0.4) is 0 Å². The number of nitrogens with zero attached hydrogens (tertiary/aromatic N) is 2. The highest BCUT2D eigenvalue weighted by Gasteiger charge is 2.19. The van der Waals surface area contributed by atoms with Crippen LogP contribution in [0.4, 0.5) is 0 Å². The first-order chi connectivity index (χ1) is 18.9. The SMILES string of the molecule is C1=CC(c2c3ccccc3c(-c3cccc(-c4ccccn4)c3)c3ccccc23)=CC(c2ccncc2)N1. The van der Waals surface area contributed by atoms with Gasteiger partial charge in [-0.05, 0) is 98.1 Å². The zero-order valence-electron chi connectivity index (χ0n) is 20.8. The lowest BCUT2D eigenvalue weighted by atomic mass is 9.84. The quantitative estimate of drug-likeness (QED) is 0.254.